The van der Waals surface area contributed by atoms with Crippen molar-refractivity contribution in [2.75, 3.05) is 14.2 Å². The Hall–Kier alpha value is -2.49. The molecular weight excluding hydrogens is 268 g/mol. The quantitative estimate of drug-likeness (QED) is 0.829. The molecule has 0 saturated carbocycles. The molecular formula is C17H18O4. The first kappa shape index (κ1) is 14.9. The van der Waals surface area contributed by atoms with Crippen LogP contribution in [-0.4, -0.2) is 25.6 Å². The summed E-state index contributed by atoms with van der Waals surface area (Å²) in [7, 11) is 3.14. The first-order valence-corrected chi connectivity index (χ1v) is 6.64. The summed E-state index contributed by atoms with van der Waals surface area (Å²) in [5, 5.41) is 10.0. The second-order valence-electron chi connectivity index (χ2n) is 4.63. The molecule has 4 heteroatoms. The molecule has 0 amide bonds. The number of aldehydes is 1. The lowest BCUT2D eigenvalue weighted by atomic mass is 9.88. The Labute approximate surface area is 123 Å². The zero-order chi connectivity index (χ0) is 15.2. The van der Waals surface area contributed by atoms with Gasteiger partial charge in [0.25, 0.3) is 0 Å². The van der Waals surface area contributed by atoms with E-state index < -0.39 is 0 Å². The third kappa shape index (κ3) is 3.16. The van der Waals surface area contributed by atoms with Crippen molar-refractivity contribution in [3.05, 3.63) is 53.6 Å². The number of hydrogen-bond acceptors (Lipinski definition) is 4. The summed E-state index contributed by atoms with van der Waals surface area (Å²) in [5.41, 5.74) is 1.61. The van der Waals surface area contributed by atoms with Gasteiger partial charge < -0.3 is 19.4 Å². The summed E-state index contributed by atoms with van der Waals surface area (Å²) in [4.78, 5) is 11.0. The van der Waals surface area contributed by atoms with E-state index in [1.54, 1.807) is 32.4 Å². The van der Waals surface area contributed by atoms with Crippen molar-refractivity contribution in [2.45, 2.75) is 12.3 Å². The fourth-order valence-corrected chi connectivity index (χ4v) is 2.39. The molecule has 0 saturated heterocycles. The van der Waals surface area contributed by atoms with Crippen molar-refractivity contribution >= 4 is 6.29 Å². The number of rotatable bonds is 6. The largest absolute Gasteiger partial charge is 0.508 e. The first-order valence-electron chi connectivity index (χ1n) is 6.64. The molecule has 110 valence electrons. The number of aromatic hydroxyl groups is 1. The van der Waals surface area contributed by atoms with E-state index in [2.05, 4.69) is 0 Å². The van der Waals surface area contributed by atoms with E-state index in [0.29, 0.717) is 11.5 Å². The summed E-state index contributed by atoms with van der Waals surface area (Å²) >= 11 is 0. The minimum atomic E-state index is -0.219. The molecule has 0 spiro atoms. The van der Waals surface area contributed by atoms with E-state index in [1.807, 2.05) is 24.3 Å². The average molecular weight is 286 g/mol. The smallest absolute Gasteiger partial charge is 0.161 e. The van der Waals surface area contributed by atoms with Crippen LogP contribution in [-0.2, 0) is 4.79 Å². The molecule has 0 heterocycles. The summed E-state index contributed by atoms with van der Waals surface area (Å²) in [5.74, 6) is 1.19. The summed E-state index contributed by atoms with van der Waals surface area (Å²) in [6.45, 7) is 0. The van der Waals surface area contributed by atoms with Crippen LogP contribution in [0.5, 0.6) is 17.2 Å². The molecule has 0 aromatic heterocycles. The maximum absolute atomic E-state index is 11.0. The Balaban J connectivity index is 2.48. The maximum Gasteiger partial charge on any atom is 0.161 e. The van der Waals surface area contributed by atoms with Crippen molar-refractivity contribution in [1.29, 1.82) is 0 Å². The molecule has 1 N–H and O–H groups in total. The van der Waals surface area contributed by atoms with Crippen LogP contribution in [0.4, 0.5) is 0 Å². The van der Waals surface area contributed by atoms with Gasteiger partial charge in [0, 0.05) is 17.9 Å². The molecule has 0 aliphatic heterocycles. The van der Waals surface area contributed by atoms with E-state index in [1.165, 1.54) is 0 Å². The van der Waals surface area contributed by atoms with Crippen molar-refractivity contribution < 1.29 is 19.4 Å². The van der Waals surface area contributed by atoms with Gasteiger partial charge in [-0.25, -0.2) is 0 Å². The van der Waals surface area contributed by atoms with Crippen LogP contribution >= 0.6 is 0 Å². The Morgan fingerprint density at radius 2 is 1.81 bits per heavy atom. The van der Waals surface area contributed by atoms with Gasteiger partial charge in [-0.2, -0.15) is 0 Å². The molecule has 21 heavy (non-hydrogen) atoms. The monoisotopic (exact) mass is 286 g/mol. The summed E-state index contributed by atoms with van der Waals surface area (Å²) in [6.07, 6.45) is 1.14. The highest BCUT2D eigenvalue weighted by Crippen LogP contribution is 2.37. The highest BCUT2D eigenvalue weighted by molar-refractivity contribution is 5.57. The molecule has 1 atom stereocenters. The van der Waals surface area contributed by atoms with Crippen molar-refractivity contribution in [1.82, 2.24) is 0 Å². The van der Waals surface area contributed by atoms with E-state index in [4.69, 9.17) is 9.47 Å². The Kier molecular flexibility index (Phi) is 4.82. The van der Waals surface area contributed by atoms with Crippen LogP contribution in [0, 0.1) is 0 Å². The standard InChI is InChI=1S/C17H18O4/c1-20-16-8-7-12(11-17(16)21-2)13(9-10-18)14-5-3-4-6-15(14)19/h3-8,10-11,13,19H,9H2,1-2H3. The number of carbonyl (C=O) groups is 1. The summed E-state index contributed by atoms with van der Waals surface area (Å²) in [6, 6.07) is 12.5. The number of carbonyl (C=O) groups excluding carboxylic acids is 1. The van der Waals surface area contributed by atoms with Crippen LogP contribution < -0.4 is 9.47 Å². The second kappa shape index (κ2) is 6.79. The lowest BCUT2D eigenvalue weighted by Gasteiger charge is -2.18. The van der Waals surface area contributed by atoms with Gasteiger partial charge in [-0.3, -0.25) is 0 Å². The molecule has 0 bridgehead atoms. The first-order chi connectivity index (χ1) is 10.2. The predicted octanol–water partition coefficient (Wildman–Crippen LogP) is 3.13. The minimum absolute atomic E-state index is 0.180. The van der Waals surface area contributed by atoms with E-state index in [9.17, 15) is 9.90 Å². The lowest BCUT2D eigenvalue weighted by Crippen LogP contribution is -2.03. The van der Waals surface area contributed by atoms with Crippen LogP contribution in [0.2, 0.25) is 0 Å². The van der Waals surface area contributed by atoms with Crippen molar-refractivity contribution in [3.8, 4) is 17.2 Å². The van der Waals surface area contributed by atoms with Crippen molar-refractivity contribution in [3.63, 3.8) is 0 Å². The van der Waals surface area contributed by atoms with E-state index in [0.717, 1.165) is 17.4 Å². The van der Waals surface area contributed by atoms with Gasteiger partial charge in [-0.15, -0.1) is 0 Å². The number of benzene rings is 2. The molecule has 0 aliphatic carbocycles. The lowest BCUT2D eigenvalue weighted by molar-refractivity contribution is -0.108. The number of para-hydroxylation sites is 1. The number of phenolic OH excluding ortho intramolecular Hbond substituents is 1. The molecule has 4 nitrogen and oxygen atoms in total. The van der Waals surface area contributed by atoms with E-state index >= 15 is 0 Å². The Morgan fingerprint density at radius 3 is 2.43 bits per heavy atom. The molecule has 0 fully saturated rings. The zero-order valence-corrected chi connectivity index (χ0v) is 12.1. The van der Waals surface area contributed by atoms with Gasteiger partial charge in [0.05, 0.1) is 14.2 Å². The highest BCUT2D eigenvalue weighted by atomic mass is 16.5. The topological polar surface area (TPSA) is 55.8 Å². The Bertz CT molecular complexity index is 622. The zero-order valence-electron chi connectivity index (χ0n) is 12.1. The van der Waals surface area contributed by atoms with Crippen LogP contribution in [0.1, 0.15) is 23.5 Å². The fraction of sp³-hybridized carbons (Fsp3) is 0.235. The highest BCUT2D eigenvalue weighted by Gasteiger charge is 2.18. The predicted molar refractivity (Wildman–Crippen MR) is 80.2 cm³/mol. The normalized spacial score (nSPS) is 11.7. The van der Waals surface area contributed by atoms with Gasteiger partial charge >= 0.3 is 0 Å². The Morgan fingerprint density at radius 1 is 1.10 bits per heavy atom. The molecule has 2 aromatic carbocycles. The van der Waals surface area contributed by atoms with Crippen molar-refractivity contribution in [2.24, 2.45) is 0 Å². The number of hydrogen-bond donors (Lipinski definition) is 1. The molecule has 1 unspecified atom stereocenters. The maximum atomic E-state index is 11.0. The number of phenols is 1. The third-order valence-electron chi connectivity index (χ3n) is 3.45. The number of ether oxygens (including phenoxy) is 2. The second-order valence-corrected chi connectivity index (χ2v) is 4.63. The summed E-state index contributed by atoms with van der Waals surface area (Å²) < 4.78 is 10.5. The average Bonchev–Trinajstić information content (AvgIpc) is 2.53. The van der Waals surface area contributed by atoms with Gasteiger partial charge in [-0.05, 0) is 23.8 Å². The minimum Gasteiger partial charge on any atom is -0.508 e. The molecule has 2 rings (SSSR count). The molecule has 0 radical (unpaired) electrons. The fourth-order valence-electron chi connectivity index (χ4n) is 2.39. The van der Waals surface area contributed by atoms with Crippen LogP contribution in [0.25, 0.3) is 0 Å². The van der Waals surface area contributed by atoms with E-state index in [-0.39, 0.29) is 18.1 Å². The number of methoxy groups -OCH3 is 2. The van der Waals surface area contributed by atoms with Gasteiger partial charge in [0.1, 0.15) is 12.0 Å². The van der Waals surface area contributed by atoms with Gasteiger partial charge in [-0.1, -0.05) is 24.3 Å². The van der Waals surface area contributed by atoms with Crippen LogP contribution in [0.15, 0.2) is 42.5 Å². The molecule has 0 aliphatic rings. The van der Waals surface area contributed by atoms with Gasteiger partial charge in [0.2, 0.25) is 0 Å². The molecule has 2 aromatic rings. The third-order valence-corrected chi connectivity index (χ3v) is 3.45. The van der Waals surface area contributed by atoms with Gasteiger partial charge in [0.15, 0.2) is 11.5 Å². The SMILES string of the molecule is COc1ccc(C(CC=O)c2ccccc2O)cc1OC. The van der Waals surface area contributed by atoms with Crippen LogP contribution in [0.3, 0.4) is 0 Å².